The van der Waals surface area contributed by atoms with E-state index in [1.807, 2.05) is 12.3 Å². The van der Waals surface area contributed by atoms with Crippen LogP contribution in [0.15, 0.2) is 18.5 Å². The molecule has 1 aromatic heterocycles. The van der Waals surface area contributed by atoms with E-state index in [-0.39, 0.29) is 11.6 Å². The maximum absolute atomic E-state index is 5.92. The molecule has 1 fully saturated rings. The summed E-state index contributed by atoms with van der Waals surface area (Å²) in [6.45, 7) is 2.27. The zero-order valence-corrected chi connectivity index (χ0v) is 12.6. The molecule has 0 saturated heterocycles. The SMILES string of the molecule is COc1cncc(C(NN)C2(OC)CCCC(C)C2)c1. The maximum atomic E-state index is 5.92. The third kappa shape index (κ3) is 2.95. The highest BCUT2D eigenvalue weighted by atomic mass is 16.5. The molecule has 3 N–H and O–H groups in total. The lowest BCUT2D eigenvalue weighted by molar-refractivity contribution is -0.0807. The predicted molar refractivity (Wildman–Crippen MR) is 78.2 cm³/mol. The Morgan fingerprint density at radius 1 is 1.45 bits per heavy atom. The Bertz CT molecular complexity index is 441. The quantitative estimate of drug-likeness (QED) is 0.638. The smallest absolute Gasteiger partial charge is 0.137 e. The second-order valence-electron chi connectivity index (χ2n) is 5.73. The first kappa shape index (κ1) is 15.2. The van der Waals surface area contributed by atoms with Gasteiger partial charge in [-0.15, -0.1) is 0 Å². The molecular weight excluding hydrogens is 254 g/mol. The Balaban J connectivity index is 2.33. The molecule has 1 heterocycles. The molecule has 1 aromatic rings. The normalized spacial score (nSPS) is 28.1. The van der Waals surface area contributed by atoms with Crippen molar-refractivity contribution in [1.29, 1.82) is 0 Å². The Hall–Kier alpha value is -1.17. The number of methoxy groups -OCH3 is 2. The lowest BCUT2D eigenvalue weighted by Crippen LogP contribution is -2.50. The average molecular weight is 279 g/mol. The second kappa shape index (κ2) is 6.52. The van der Waals surface area contributed by atoms with Crippen molar-refractivity contribution in [3.63, 3.8) is 0 Å². The molecule has 2 rings (SSSR count). The minimum atomic E-state index is -0.277. The Morgan fingerprint density at radius 3 is 2.85 bits per heavy atom. The summed E-state index contributed by atoms with van der Waals surface area (Å²) in [7, 11) is 3.41. The van der Waals surface area contributed by atoms with Gasteiger partial charge in [-0.1, -0.05) is 19.8 Å². The molecule has 0 aliphatic heterocycles. The number of rotatable bonds is 5. The van der Waals surface area contributed by atoms with Crippen molar-refractivity contribution in [2.45, 2.75) is 44.2 Å². The molecule has 5 heteroatoms. The van der Waals surface area contributed by atoms with E-state index in [9.17, 15) is 0 Å². The van der Waals surface area contributed by atoms with Crippen molar-refractivity contribution in [1.82, 2.24) is 10.4 Å². The van der Waals surface area contributed by atoms with Crippen LogP contribution in [-0.4, -0.2) is 24.8 Å². The van der Waals surface area contributed by atoms with Crippen molar-refractivity contribution < 1.29 is 9.47 Å². The zero-order valence-electron chi connectivity index (χ0n) is 12.6. The molecular formula is C15H25N3O2. The summed E-state index contributed by atoms with van der Waals surface area (Å²) in [4.78, 5) is 4.23. The van der Waals surface area contributed by atoms with Gasteiger partial charge in [0.1, 0.15) is 5.75 Å². The van der Waals surface area contributed by atoms with Crippen LogP contribution >= 0.6 is 0 Å². The number of nitrogens with one attached hydrogen (secondary N) is 1. The monoisotopic (exact) mass is 279 g/mol. The summed E-state index contributed by atoms with van der Waals surface area (Å²) >= 11 is 0. The Kier molecular flexibility index (Phi) is 4.96. The van der Waals surface area contributed by atoms with E-state index in [0.29, 0.717) is 5.92 Å². The van der Waals surface area contributed by atoms with Crippen LogP contribution in [0, 0.1) is 5.92 Å². The van der Waals surface area contributed by atoms with Crippen LogP contribution in [0.25, 0.3) is 0 Å². The van der Waals surface area contributed by atoms with E-state index < -0.39 is 0 Å². The maximum Gasteiger partial charge on any atom is 0.137 e. The fourth-order valence-corrected chi connectivity index (χ4v) is 3.37. The van der Waals surface area contributed by atoms with Gasteiger partial charge < -0.3 is 9.47 Å². The average Bonchev–Trinajstić information content (AvgIpc) is 2.48. The summed E-state index contributed by atoms with van der Waals surface area (Å²) in [5.74, 6) is 7.21. The lowest BCUT2D eigenvalue weighted by Gasteiger charge is -2.44. The summed E-state index contributed by atoms with van der Waals surface area (Å²) < 4.78 is 11.2. The standard InChI is InChI=1S/C15H25N3O2/c1-11-5-4-6-15(8-11,20-3)14(18-16)12-7-13(19-2)10-17-9-12/h7,9-11,14,18H,4-6,8,16H2,1-3H3. The number of hydrazine groups is 1. The molecule has 3 unspecified atom stereocenters. The second-order valence-corrected chi connectivity index (χ2v) is 5.73. The first-order chi connectivity index (χ1) is 9.65. The molecule has 0 bridgehead atoms. The first-order valence-electron chi connectivity index (χ1n) is 7.15. The van der Waals surface area contributed by atoms with Gasteiger partial charge >= 0.3 is 0 Å². The Labute approximate surface area is 120 Å². The first-order valence-corrected chi connectivity index (χ1v) is 7.15. The van der Waals surface area contributed by atoms with Gasteiger partial charge in [0.05, 0.1) is 24.9 Å². The van der Waals surface area contributed by atoms with Crippen molar-refractivity contribution in [2.75, 3.05) is 14.2 Å². The molecule has 1 aliphatic rings. The molecule has 0 amide bonds. The van der Waals surface area contributed by atoms with E-state index in [0.717, 1.165) is 30.6 Å². The number of aromatic nitrogens is 1. The minimum Gasteiger partial charge on any atom is -0.495 e. The van der Waals surface area contributed by atoms with Crippen molar-refractivity contribution >= 4 is 0 Å². The van der Waals surface area contributed by atoms with Crippen LogP contribution in [0.3, 0.4) is 0 Å². The lowest BCUT2D eigenvalue weighted by atomic mass is 9.73. The number of hydrogen-bond acceptors (Lipinski definition) is 5. The number of ether oxygens (including phenoxy) is 2. The molecule has 20 heavy (non-hydrogen) atoms. The molecule has 112 valence electrons. The topological polar surface area (TPSA) is 69.4 Å². The van der Waals surface area contributed by atoms with Gasteiger partial charge in [-0.3, -0.25) is 16.3 Å². The highest BCUT2D eigenvalue weighted by molar-refractivity contribution is 5.28. The van der Waals surface area contributed by atoms with Crippen LogP contribution in [0.4, 0.5) is 0 Å². The van der Waals surface area contributed by atoms with Gasteiger partial charge in [-0.2, -0.15) is 0 Å². The third-order valence-corrected chi connectivity index (χ3v) is 4.39. The number of nitrogens with two attached hydrogens (primary N) is 1. The molecule has 1 aliphatic carbocycles. The molecule has 1 saturated carbocycles. The summed E-state index contributed by atoms with van der Waals surface area (Å²) in [6.07, 6.45) is 7.92. The van der Waals surface area contributed by atoms with Crippen LogP contribution in [0.1, 0.15) is 44.2 Å². The summed E-state index contributed by atoms with van der Waals surface area (Å²) in [6, 6.07) is 1.88. The minimum absolute atomic E-state index is 0.0853. The van der Waals surface area contributed by atoms with Crippen molar-refractivity contribution in [3.05, 3.63) is 24.0 Å². The van der Waals surface area contributed by atoms with Crippen LogP contribution in [0.5, 0.6) is 5.75 Å². The van der Waals surface area contributed by atoms with Crippen LogP contribution in [0.2, 0.25) is 0 Å². The van der Waals surface area contributed by atoms with E-state index in [2.05, 4.69) is 17.3 Å². The van der Waals surface area contributed by atoms with E-state index in [1.165, 1.54) is 6.42 Å². The number of hydrogen-bond donors (Lipinski definition) is 2. The van der Waals surface area contributed by atoms with Crippen LogP contribution in [-0.2, 0) is 4.74 Å². The van der Waals surface area contributed by atoms with Crippen molar-refractivity contribution in [3.8, 4) is 5.75 Å². The highest BCUT2D eigenvalue weighted by Crippen LogP contribution is 2.43. The van der Waals surface area contributed by atoms with Gasteiger partial charge in [-0.05, 0) is 30.4 Å². The molecule has 3 atom stereocenters. The fraction of sp³-hybridized carbons (Fsp3) is 0.667. The van der Waals surface area contributed by atoms with Crippen LogP contribution < -0.4 is 16.0 Å². The molecule has 0 radical (unpaired) electrons. The predicted octanol–water partition coefficient (Wildman–Crippen LogP) is 2.19. The zero-order chi connectivity index (χ0) is 14.6. The van der Waals surface area contributed by atoms with Gasteiger partial charge in [-0.25, -0.2) is 0 Å². The molecule has 0 aromatic carbocycles. The third-order valence-electron chi connectivity index (χ3n) is 4.39. The summed E-state index contributed by atoms with van der Waals surface area (Å²) in [5.41, 5.74) is 3.66. The fourth-order valence-electron chi connectivity index (χ4n) is 3.37. The largest absolute Gasteiger partial charge is 0.495 e. The number of nitrogens with zero attached hydrogens (tertiary/aromatic N) is 1. The number of pyridine rings is 1. The van der Waals surface area contributed by atoms with Gasteiger partial charge in [0.2, 0.25) is 0 Å². The summed E-state index contributed by atoms with van der Waals surface area (Å²) in [5, 5.41) is 0. The van der Waals surface area contributed by atoms with Gasteiger partial charge in [0.25, 0.3) is 0 Å². The molecule has 0 spiro atoms. The van der Waals surface area contributed by atoms with Gasteiger partial charge in [0.15, 0.2) is 0 Å². The van der Waals surface area contributed by atoms with Gasteiger partial charge in [0, 0.05) is 13.3 Å². The molecule has 5 nitrogen and oxygen atoms in total. The highest BCUT2D eigenvalue weighted by Gasteiger charge is 2.42. The van der Waals surface area contributed by atoms with E-state index in [1.54, 1.807) is 20.4 Å². The van der Waals surface area contributed by atoms with E-state index >= 15 is 0 Å². The van der Waals surface area contributed by atoms with E-state index in [4.69, 9.17) is 15.3 Å². The Morgan fingerprint density at radius 2 is 2.25 bits per heavy atom. The van der Waals surface area contributed by atoms with Crippen molar-refractivity contribution in [2.24, 2.45) is 11.8 Å².